The van der Waals surface area contributed by atoms with Crippen molar-refractivity contribution in [3.63, 3.8) is 0 Å². The minimum absolute atomic E-state index is 0.00342. The van der Waals surface area contributed by atoms with Crippen LogP contribution in [0.25, 0.3) is 11.4 Å². The van der Waals surface area contributed by atoms with Crippen LogP contribution in [0.15, 0.2) is 36.5 Å². The lowest BCUT2D eigenvalue weighted by atomic mass is 9.90. The molecular formula is C27H26ClF3N6O5. The number of halogens is 4. The zero-order chi connectivity index (χ0) is 29.6. The molecule has 1 N–H and O–H groups in total. The van der Waals surface area contributed by atoms with Crippen molar-refractivity contribution in [2.75, 3.05) is 42.7 Å². The van der Waals surface area contributed by atoms with Gasteiger partial charge < -0.3 is 29.1 Å². The molecule has 3 atom stereocenters. The maximum Gasteiger partial charge on any atom is 0.326 e. The van der Waals surface area contributed by atoms with E-state index in [4.69, 9.17) is 25.8 Å². The van der Waals surface area contributed by atoms with Gasteiger partial charge in [-0.2, -0.15) is 4.39 Å². The molecule has 1 spiro atoms. The van der Waals surface area contributed by atoms with Crippen molar-refractivity contribution in [1.82, 2.24) is 19.9 Å². The van der Waals surface area contributed by atoms with Crippen LogP contribution in [-0.2, 0) is 14.3 Å². The largest absolute Gasteiger partial charge is 0.480 e. The summed E-state index contributed by atoms with van der Waals surface area (Å²) in [6.45, 7) is 3.93. The summed E-state index contributed by atoms with van der Waals surface area (Å²) in [7, 11) is 0. The number of carbonyl (C=O) groups is 1. The minimum Gasteiger partial charge on any atom is -0.480 e. The fourth-order valence-electron chi connectivity index (χ4n) is 5.52. The van der Waals surface area contributed by atoms with Gasteiger partial charge in [-0.15, -0.1) is 0 Å². The lowest BCUT2D eigenvalue weighted by Gasteiger charge is -2.53. The van der Waals surface area contributed by atoms with Crippen molar-refractivity contribution in [3.8, 4) is 17.3 Å². The first-order chi connectivity index (χ1) is 20.1. The Hall–Kier alpha value is -3.75. The molecule has 0 bridgehead atoms. The molecule has 3 aliphatic rings. The second kappa shape index (κ2) is 11.2. The van der Waals surface area contributed by atoms with Gasteiger partial charge in [0.2, 0.25) is 11.8 Å². The zero-order valence-electron chi connectivity index (χ0n) is 22.3. The number of aliphatic carboxylic acids is 1. The third-order valence-corrected chi connectivity index (χ3v) is 7.98. The molecule has 3 aromatic heterocycles. The lowest BCUT2D eigenvalue weighted by Crippen LogP contribution is -2.68. The van der Waals surface area contributed by atoms with Gasteiger partial charge in [0.15, 0.2) is 5.82 Å². The quantitative estimate of drug-likeness (QED) is 0.395. The summed E-state index contributed by atoms with van der Waals surface area (Å²) in [5.74, 6) is -2.67. The monoisotopic (exact) mass is 606 g/mol. The van der Waals surface area contributed by atoms with Crippen LogP contribution in [0, 0.1) is 5.95 Å². The van der Waals surface area contributed by atoms with Gasteiger partial charge in [-0.25, -0.2) is 33.5 Å². The number of anilines is 2. The Morgan fingerprint density at radius 1 is 1.19 bits per heavy atom. The predicted molar refractivity (Wildman–Crippen MR) is 144 cm³/mol. The summed E-state index contributed by atoms with van der Waals surface area (Å²) in [6.07, 6.45) is -2.31. The Bertz CT molecular complexity index is 1500. The average Bonchev–Trinajstić information content (AvgIpc) is 3.37. The number of hydrogen-bond acceptors (Lipinski definition) is 10. The summed E-state index contributed by atoms with van der Waals surface area (Å²) >= 11 is 6.31. The maximum atomic E-state index is 13.8. The summed E-state index contributed by atoms with van der Waals surface area (Å²) in [6, 6.07) is 5.70. The summed E-state index contributed by atoms with van der Waals surface area (Å²) in [5.41, 5.74) is 0.0975. The predicted octanol–water partition coefficient (Wildman–Crippen LogP) is 3.77. The van der Waals surface area contributed by atoms with Gasteiger partial charge in [-0.05, 0) is 25.1 Å². The van der Waals surface area contributed by atoms with Crippen LogP contribution in [0.4, 0.5) is 24.7 Å². The molecule has 3 aromatic rings. The van der Waals surface area contributed by atoms with Gasteiger partial charge in [0.05, 0.1) is 48.8 Å². The number of hydrogen-bond donors (Lipinski definition) is 1. The van der Waals surface area contributed by atoms with Crippen LogP contribution in [0.1, 0.15) is 25.6 Å². The van der Waals surface area contributed by atoms with E-state index in [1.54, 1.807) is 6.07 Å². The number of ether oxygens (including phenoxy) is 3. The van der Waals surface area contributed by atoms with Crippen molar-refractivity contribution >= 4 is 29.1 Å². The fourth-order valence-corrected chi connectivity index (χ4v) is 5.67. The Morgan fingerprint density at radius 3 is 2.69 bits per heavy atom. The molecule has 0 unspecified atom stereocenters. The highest BCUT2D eigenvalue weighted by Gasteiger charge is 2.50. The van der Waals surface area contributed by atoms with Crippen LogP contribution < -0.4 is 14.5 Å². The molecule has 0 aromatic carbocycles. The molecule has 6 rings (SSSR count). The second-order valence-electron chi connectivity index (χ2n) is 10.4. The van der Waals surface area contributed by atoms with E-state index in [0.29, 0.717) is 37.1 Å². The molecule has 11 nitrogen and oxygen atoms in total. The third kappa shape index (κ3) is 5.29. The number of nitrogens with zero attached hydrogens (tertiary/aromatic N) is 6. The zero-order valence-corrected chi connectivity index (χ0v) is 23.0. The summed E-state index contributed by atoms with van der Waals surface area (Å²) in [5, 5.41) is 10.4. The van der Waals surface area contributed by atoms with E-state index in [1.807, 2.05) is 6.92 Å². The highest BCUT2D eigenvalue weighted by Crippen LogP contribution is 2.40. The van der Waals surface area contributed by atoms with E-state index in [-0.39, 0.29) is 42.1 Å². The summed E-state index contributed by atoms with van der Waals surface area (Å²) in [4.78, 5) is 31.6. The Balaban J connectivity index is 1.30. The molecular weight excluding hydrogens is 581 g/mol. The van der Waals surface area contributed by atoms with Crippen molar-refractivity contribution < 1.29 is 37.3 Å². The molecule has 0 amide bonds. The number of carboxylic acids is 1. The highest BCUT2D eigenvalue weighted by molar-refractivity contribution is 6.30. The van der Waals surface area contributed by atoms with Crippen molar-refractivity contribution in [2.45, 2.75) is 43.6 Å². The van der Waals surface area contributed by atoms with Gasteiger partial charge in [0, 0.05) is 25.2 Å². The van der Waals surface area contributed by atoms with Gasteiger partial charge in [-0.1, -0.05) is 17.7 Å². The van der Waals surface area contributed by atoms with Gasteiger partial charge in [0.25, 0.3) is 6.43 Å². The topological polar surface area (TPSA) is 123 Å². The normalized spacial score (nSPS) is 23.3. The second-order valence-corrected chi connectivity index (χ2v) is 10.8. The first kappa shape index (κ1) is 28.4. The molecule has 3 fully saturated rings. The van der Waals surface area contributed by atoms with E-state index < -0.39 is 41.9 Å². The van der Waals surface area contributed by atoms with E-state index in [9.17, 15) is 23.1 Å². The van der Waals surface area contributed by atoms with Gasteiger partial charge in [0.1, 0.15) is 29.3 Å². The van der Waals surface area contributed by atoms with Crippen LogP contribution in [0.3, 0.4) is 0 Å². The highest BCUT2D eigenvalue weighted by atomic mass is 35.5. The molecule has 15 heteroatoms. The van der Waals surface area contributed by atoms with Crippen molar-refractivity contribution in [3.05, 3.63) is 53.3 Å². The molecule has 6 heterocycles. The summed E-state index contributed by atoms with van der Waals surface area (Å²) < 4.78 is 59.1. The SMILES string of the molecule is C[C@@H]1N(c2cc(Cl)cnc2O[C@H]2C[C@@H](C(=O)O)N(c3cc(-c4cccc(F)n4)nc(C(F)F)n3)C2)CCOC12COC2. The standard InChI is InChI=1S/C27H26ClF3N6O5/c1-14-27(12-40-13-27)41-6-5-36(14)19-7-15(28)10-32-25(19)42-16-8-20(26(38)39)37(11-16)22-9-18(34-24(35-22)23(30)31)17-3-2-4-21(29)33-17/h2-4,7,9-10,14,16,20,23H,5-6,8,11-13H2,1H3,(H,38,39)/t14-,16-,20-/m0/s1. The molecule has 3 saturated heterocycles. The number of pyridine rings is 2. The molecule has 0 saturated carbocycles. The number of morpholine rings is 1. The first-order valence-electron chi connectivity index (χ1n) is 13.2. The number of alkyl halides is 2. The molecule has 0 radical (unpaired) electrons. The van der Waals surface area contributed by atoms with E-state index in [0.717, 1.165) is 6.07 Å². The molecule has 3 aliphatic heterocycles. The fraction of sp³-hybridized carbons (Fsp3) is 0.444. The number of rotatable bonds is 7. The Labute approximate surface area is 243 Å². The smallest absolute Gasteiger partial charge is 0.326 e. The number of aromatic nitrogens is 4. The van der Waals surface area contributed by atoms with Crippen LogP contribution in [0.2, 0.25) is 5.02 Å². The molecule has 42 heavy (non-hydrogen) atoms. The van der Waals surface area contributed by atoms with Gasteiger partial charge in [-0.3, -0.25) is 0 Å². The third-order valence-electron chi connectivity index (χ3n) is 7.77. The van der Waals surface area contributed by atoms with Crippen LogP contribution >= 0.6 is 11.6 Å². The average molecular weight is 607 g/mol. The Kier molecular flexibility index (Phi) is 7.53. The van der Waals surface area contributed by atoms with Gasteiger partial charge >= 0.3 is 5.97 Å². The maximum absolute atomic E-state index is 13.8. The first-order valence-corrected chi connectivity index (χ1v) is 13.6. The lowest BCUT2D eigenvalue weighted by molar-refractivity contribution is -0.228. The van der Waals surface area contributed by atoms with E-state index in [1.165, 1.54) is 29.3 Å². The Morgan fingerprint density at radius 2 is 2.00 bits per heavy atom. The molecule has 0 aliphatic carbocycles. The number of carboxylic acid groups (broad SMARTS) is 1. The molecule has 222 valence electrons. The van der Waals surface area contributed by atoms with Crippen LogP contribution in [-0.4, -0.2) is 87.7 Å². The minimum atomic E-state index is -3.06. The van der Waals surface area contributed by atoms with E-state index >= 15 is 0 Å². The van der Waals surface area contributed by atoms with E-state index in [2.05, 4.69) is 24.8 Å². The van der Waals surface area contributed by atoms with Crippen molar-refractivity contribution in [1.29, 1.82) is 0 Å². The van der Waals surface area contributed by atoms with Crippen molar-refractivity contribution in [2.24, 2.45) is 0 Å². The van der Waals surface area contributed by atoms with Crippen LogP contribution in [0.5, 0.6) is 5.88 Å².